The fraction of sp³-hybridized carbons (Fsp3) is 1.00. The van der Waals surface area contributed by atoms with Gasteiger partial charge in [0.05, 0.1) is 6.10 Å². The summed E-state index contributed by atoms with van der Waals surface area (Å²) in [6, 6.07) is 0. The summed E-state index contributed by atoms with van der Waals surface area (Å²) in [7, 11) is 0. The van der Waals surface area contributed by atoms with E-state index in [-0.39, 0.29) is 6.10 Å². The fourth-order valence-electron chi connectivity index (χ4n) is 2.02. The molecule has 0 spiro atoms. The van der Waals surface area contributed by atoms with Gasteiger partial charge >= 0.3 is 0 Å². The van der Waals surface area contributed by atoms with Crippen LogP contribution in [0.25, 0.3) is 0 Å². The van der Waals surface area contributed by atoms with Crippen LogP contribution in [-0.4, -0.2) is 22.7 Å². The van der Waals surface area contributed by atoms with Crippen molar-refractivity contribution in [3.05, 3.63) is 0 Å². The molecule has 1 N–H and O–H groups in total. The van der Waals surface area contributed by atoms with Crippen LogP contribution in [0.15, 0.2) is 0 Å². The Bertz CT molecular complexity index is 139. The van der Waals surface area contributed by atoms with Crippen molar-refractivity contribution in [2.75, 3.05) is 11.5 Å². The second-order valence-electron chi connectivity index (χ2n) is 4.90. The quantitative estimate of drug-likeness (QED) is 0.469. The number of rotatable bonds is 13. The lowest BCUT2D eigenvalue weighted by atomic mass is 10.0. The summed E-state index contributed by atoms with van der Waals surface area (Å²) in [5, 5.41) is 9.74. The molecule has 2 heteroatoms. The highest BCUT2D eigenvalue weighted by molar-refractivity contribution is 7.99. The average Bonchev–Trinajstić information content (AvgIpc) is 2.33. The van der Waals surface area contributed by atoms with Gasteiger partial charge in [0.2, 0.25) is 0 Å². The minimum atomic E-state index is -0.0471. The lowest BCUT2D eigenvalue weighted by Gasteiger charge is -2.09. The van der Waals surface area contributed by atoms with E-state index in [9.17, 15) is 5.11 Å². The van der Waals surface area contributed by atoms with Crippen molar-refractivity contribution in [1.82, 2.24) is 0 Å². The van der Waals surface area contributed by atoms with Crippen LogP contribution in [0.1, 0.15) is 78.1 Å². The summed E-state index contributed by atoms with van der Waals surface area (Å²) in [5.41, 5.74) is 0. The molecule has 0 aromatic heterocycles. The highest BCUT2D eigenvalue weighted by atomic mass is 32.2. The summed E-state index contributed by atoms with van der Waals surface area (Å²) in [4.78, 5) is 0. The third-order valence-corrected chi connectivity index (χ3v) is 4.12. The third kappa shape index (κ3) is 14.2. The summed E-state index contributed by atoms with van der Waals surface area (Å²) >= 11 is 1.93. The Morgan fingerprint density at radius 3 is 2.00 bits per heavy atom. The number of hydrogen-bond donors (Lipinski definition) is 1. The number of thioether (sulfide) groups is 1. The van der Waals surface area contributed by atoms with Crippen LogP contribution in [0.5, 0.6) is 0 Å². The summed E-state index contributed by atoms with van der Waals surface area (Å²) in [6.45, 7) is 4.44. The minimum absolute atomic E-state index is 0.0471. The maximum Gasteiger partial charge on any atom is 0.0548 e. The molecule has 0 aliphatic carbocycles. The molecule has 0 aliphatic rings. The van der Waals surface area contributed by atoms with Crippen molar-refractivity contribution in [3.8, 4) is 0 Å². The predicted octanol–water partition coefficient (Wildman–Crippen LogP) is 5.02. The lowest BCUT2D eigenvalue weighted by Crippen LogP contribution is -2.07. The van der Waals surface area contributed by atoms with Gasteiger partial charge in [-0.2, -0.15) is 11.8 Å². The molecule has 0 radical (unpaired) electrons. The smallest absolute Gasteiger partial charge is 0.0548 e. The van der Waals surface area contributed by atoms with Gasteiger partial charge in [-0.1, -0.05) is 65.2 Å². The average molecular weight is 260 g/mol. The molecule has 0 amide bonds. The molecule has 0 aliphatic heterocycles. The Hall–Kier alpha value is 0.310. The van der Waals surface area contributed by atoms with E-state index in [0.717, 1.165) is 18.6 Å². The molecule has 1 atom stereocenters. The number of aliphatic hydroxyl groups is 1. The van der Waals surface area contributed by atoms with E-state index in [2.05, 4.69) is 13.8 Å². The second-order valence-corrected chi connectivity index (χ2v) is 6.30. The van der Waals surface area contributed by atoms with Crippen molar-refractivity contribution >= 4 is 11.8 Å². The van der Waals surface area contributed by atoms with Gasteiger partial charge in [0, 0.05) is 0 Å². The zero-order valence-electron chi connectivity index (χ0n) is 11.9. The molecule has 0 saturated heterocycles. The topological polar surface area (TPSA) is 20.2 Å². The van der Waals surface area contributed by atoms with Gasteiger partial charge in [-0.05, 0) is 24.3 Å². The van der Waals surface area contributed by atoms with E-state index in [1.807, 2.05) is 11.8 Å². The molecule has 0 aromatic carbocycles. The standard InChI is InChI=1S/C15H32OS/c1-3-5-6-7-8-9-10-11-12-15(16)13-14-17-4-2/h15-16H,3-14H2,1-2H3. The van der Waals surface area contributed by atoms with E-state index in [1.54, 1.807) is 0 Å². The molecule has 104 valence electrons. The van der Waals surface area contributed by atoms with E-state index in [4.69, 9.17) is 0 Å². The van der Waals surface area contributed by atoms with Gasteiger partial charge in [0.25, 0.3) is 0 Å². The molecule has 0 aromatic rings. The van der Waals surface area contributed by atoms with Crippen molar-refractivity contribution in [2.45, 2.75) is 84.2 Å². The maximum absolute atomic E-state index is 9.74. The summed E-state index contributed by atoms with van der Waals surface area (Å²) in [6.07, 6.45) is 12.8. The van der Waals surface area contributed by atoms with Crippen molar-refractivity contribution in [3.63, 3.8) is 0 Å². The number of aliphatic hydroxyl groups excluding tert-OH is 1. The molecule has 0 heterocycles. The van der Waals surface area contributed by atoms with Gasteiger partial charge in [-0.3, -0.25) is 0 Å². The summed E-state index contributed by atoms with van der Waals surface area (Å²) < 4.78 is 0. The predicted molar refractivity (Wildman–Crippen MR) is 80.8 cm³/mol. The highest BCUT2D eigenvalue weighted by Gasteiger charge is 2.03. The van der Waals surface area contributed by atoms with Gasteiger partial charge in [-0.15, -0.1) is 0 Å². The Morgan fingerprint density at radius 1 is 0.824 bits per heavy atom. The number of hydrogen-bond acceptors (Lipinski definition) is 2. The normalized spacial score (nSPS) is 12.9. The third-order valence-electron chi connectivity index (χ3n) is 3.19. The first-order valence-electron chi connectivity index (χ1n) is 7.57. The van der Waals surface area contributed by atoms with E-state index < -0.39 is 0 Å². The maximum atomic E-state index is 9.74. The Kier molecular flexibility index (Phi) is 14.6. The molecule has 1 nitrogen and oxygen atoms in total. The molecular formula is C15H32OS. The van der Waals surface area contributed by atoms with Gasteiger partial charge < -0.3 is 5.11 Å². The second kappa shape index (κ2) is 14.4. The van der Waals surface area contributed by atoms with Crippen molar-refractivity contribution < 1.29 is 5.11 Å². The minimum Gasteiger partial charge on any atom is -0.393 e. The largest absolute Gasteiger partial charge is 0.393 e. The molecule has 0 fully saturated rings. The van der Waals surface area contributed by atoms with Gasteiger partial charge in [0.1, 0.15) is 0 Å². The van der Waals surface area contributed by atoms with Gasteiger partial charge in [-0.25, -0.2) is 0 Å². The first-order chi connectivity index (χ1) is 8.31. The Morgan fingerprint density at radius 2 is 1.41 bits per heavy atom. The van der Waals surface area contributed by atoms with E-state index in [0.29, 0.717) is 0 Å². The lowest BCUT2D eigenvalue weighted by molar-refractivity contribution is 0.157. The summed E-state index contributed by atoms with van der Waals surface area (Å²) in [5.74, 6) is 2.29. The fourth-order valence-corrected chi connectivity index (χ4v) is 2.75. The Balaban J connectivity index is 3.05. The van der Waals surface area contributed by atoms with Crippen molar-refractivity contribution in [2.24, 2.45) is 0 Å². The first kappa shape index (κ1) is 17.3. The van der Waals surface area contributed by atoms with Crippen LogP contribution < -0.4 is 0 Å². The molecular weight excluding hydrogens is 228 g/mol. The van der Waals surface area contributed by atoms with Crippen LogP contribution in [0.2, 0.25) is 0 Å². The van der Waals surface area contributed by atoms with Crippen LogP contribution >= 0.6 is 11.8 Å². The van der Waals surface area contributed by atoms with Crippen LogP contribution in [0.3, 0.4) is 0 Å². The number of unbranched alkanes of at least 4 members (excludes halogenated alkanes) is 7. The first-order valence-corrected chi connectivity index (χ1v) is 8.72. The zero-order chi connectivity index (χ0) is 12.8. The molecule has 0 rings (SSSR count). The monoisotopic (exact) mass is 260 g/mol. The van der Waals surface area contributed by atoms with Crippen LogP contribution in [0.4, 0.5) is 0 Å². The van der Waals surface area contributed by atoms with Crippen molar-refractivity contribution in [1.29, 1.82) is 0 Å². The Labute approximate surface area is 113 Å². The van der Waals surface area contributed by atoms with E-state index >= 15 is 0 Å². The zero-order valence-corrected chi connectivity index (χ0v) is 12.7. The highest BCUT2D eigenvalue weighted by Crippen LogP contribution is 2.13. The molecule has 0 bridgehead atoms. The SMILES string of the molecule is CCCCCCCCCCC(O)CCSCC. The van der Waals surface area contributed by atoms with Crippen LogP contribution in [0, 0.1) is 0 Å². The van der Waals surface area contributed by atoms with E-state index in [1.165, 1.54) is 57.1 Å². The molecule has 0 saturated carbocycles. The van der Waals surface area contributed by atoms with Crippen LogP contribution in [-0.2, 0) is 0 Å². The van der Waals surface area contributed by atoms with Gasteiger partial charge in [0.15, 0.2) is 0 Å². The molecule has 1 unspecified atom stereocenters. The molecule has 17 heavy (non-hydrogen) atoms.